The van der Waals surface area contributed by atoms with E-state index in [-0.39, 0.29) is 36.0 Å². The standard InChI is InChI=1S/C30H34N6O7/c1-19(2)15-31-24(37)17-34-30(43)23(13-20-7-4-3-5-8-20)35-26(39)18-32-25(38)16-33-29(42)21-9-6-10-22(14-21)36-27(40)11-12-28(36)41/h3-12,14,19,23H,13,15-18H2,1-2H3,(H,31,37)(H,32,38)(H,33,42)(H,34,43)(H,35,39). The molecule has 43 heavy (non-hydrogen) atoms. The minimum absolute atomic E-state index is 0.114. The highest BCUT2D eigenvalue weighted by atomic mass is 16.2. The summed E-state index contributed by atoms with van der Waals surface area (Å²) in [6, 6.07) is 13.8. The third-order valence-corrected chi connectivity index (χ3v) is 6.10. The zero-order valence-electron chi connectivity index (χ0n) is 23.8. The van der Waals surface area contributed by atoms with Crippen molar-refractivity contribution in [3.05, 3.63) is 77.9 Å². The summed E-state index contributed by atoms with van der Waals surface area (Å²) in [5.41, 5.74) is 1.10. The second kappa shape index (κ2) is 15.6. The van der Waals surface area contributed by atoms with Crippen molar-refractivity contribution in [2.75, 3.05) is 31.1 Å². The van der Waals surface area contributed by atoms with Crippen LogP contribution in [0.1, 0.15) is 29.8 Å². The highest BCUT2D eigenvalue weighted by Gasteiger charge is 2.26. The minimum Gasteiger partial charge on any atom is -0.354 e. The van der Waals surface area contributed by atoms with Gasteiger partial charge in [0.05, 0.1) is 25.3 Å². The van der Waals surface area contributed by atoms with Crippen LogP contribution in [0, 0.1) is 5.92 Å². The van der Waals surface area contributed by atoms with Crippen LogP contribution in [0.2, 0.25) is 0 Å². The SMILES string of the molecule is CC(C)CNC(=O)CNC(=O)C(Cc1ccccc1)NC(=O)CNC(=O)CNC(=O)c1cccc(N2C(=O)C=CC2=O)c1. The molecule has 1 aliphatic rings. The van der Waals surface area contributed by atoms with Gasteiger partial charge >= 0.3 is 0 Å². The van der Waals surface area contributed by atoms with Crippen LogP contribution in [-0.4, -0.2) is 73.6 Å². The first-order chi connectivity index (χ1) is 20.5. The second-order valence-electron chi connectivity index (χ2n) is 10.1. The molecule has 0 aliphatic carbocycles. The Kier molecular flexibility index (Phi) is 11.7. The fraction of sp³-hybridized carbons (Fsp3) is 0.300. The lowest BCUT2D eigenvalue weighted by Gasteiger charge is -2.19. The maximum atomic E-state index is 12.8. The molecule has 1 atom stereocenters. The topological polar surface area (TPSA) is 183 Å². The van der Waals surface area contributed by atoms with E-state index in [1.807, 2.05) is 19.9 Å². The molecule has 0 fully saturated rings. The minimum atomic E-state index is -1.01. The van der Waals surface area contributed by atoms with Crippen LogP contribution < -0.4 is 31.5 Å². The number of carbonyl (C=O) groups is 7. The summed E-state index contributed by atoms with van der Waals surface area (Å²) in [5.74, 6) is -3.69. The van der Waals surface area contributed by atoms with Crippen LogP contribution in [0.5, 0.6) is 0 Å². The quantitative estimate of drug-likeness (QED) is 0.185. The van der Waals surface area contributed by atoms with Gasteiger partial charge in [-0.2, -0.15) is 0 Å². The zero-order valence-corrected chi connectivity index (χ0v) is 23.8. The Labute approximate surface area is 248 Å². The Morgan fingerprint density at radius 3 is 2.02 bits per heavy atom. The van der Waals surface area contributed by atoms with Gasteiger partial charge in [-0.3, -0.25) is 33.6 Å². The predicted octanol–water partition coefficient (Wildman–Crippen LogP) is -0.422. The Bertz CT molecular complexity index is 1390. The summed E-state index contributed by atoms with van der Waals surface area (Å²) >= 11 is 0. The van der Waals surface area contributed by atoms with E-state index in [1.54, 1.807) is 24.3 Å². The largest absolute Gasteiger partial charge is 0.354 e. The van der Waals surface area contributed by atoms with Crippen molar-refractivity contribution in [1.29, 1.82) is 0 Å². The molecule has 0 saturated carbocycles. The first kappa shape index (κ1) is 32.2. The monoisotopic (exact) mass is 590 g/mol. The third-order valence-electron chi connectivity index (χ3n) is 6.10. The zero-order chi connectivity index (χ0) is 31.4. The number of amides is 7. The number of nitrogens with zero attached hydrogens (tertiary/aromatic N) is 1. The molecule has 13 heteroatoms. The normalized spacial score (nSPS) is 13.0. The molecule has 7 amide bonds. The van der Waals surface area contributed by atoms with E-state index in [0.717, 1.165) is 22.6 Å². The molecule has 1 aliphatic heterocycles. The first-order valence-corrected chi connectivity index (χ1v) is 13.6. The number of rotatable bonds is 14. The lowest BCUT2D eigenvalue weighted by Crippen LogP contribution is -2.52. The summed E-state index contributed by atoms with van der Waals surface area (Å²) in [4.78, 5) is 87.0. The fourth-order valence-electron chi connectivity index (χ4n) is 3.92. The van der Waals surface area contributed by atoms with Gasteiger partial charge in [0, 0.05) is 30.7 Å². The first-order valence-electron chi connectivity index (χ1n) is 13.6. The number of carbonyl (C=O) groups excluding carboxylic acids is 7. The van der Waals surface area contributed by atoms with E-state index in [9.17, 15) is 33.6 Å². The highest BCUT2D eigenvalue weighted by Crippen LogP contribution is 2.20. The van der Waals surface area contributed by atoms with Gasteiger partial charge < -0.3 is 26.6 Å². The van der Waals surface area contributed by atoms with Gasteiger partial charge in [0.25, 0.3) is 17.7 Å². The average Bonchev–Trinajstić information content (AvgIpc) is 3.33. The van der Waals surface area contributed by atoms with Crippen LogP contribution in [0.3, 0.4) is 0 Å². The molecule has 0 aromatic heterocycles. The molecule has 0 spiro atoms. The Morgan fingerprint density at radius 2 is 1.35 bits per heavy atom. The van der Waals surface area contributed by atoms with Crippen molar-refractivity contribution in [3.8, 4) is 0 Å². The van der Waals surface area contributed by atoms with E-state index >= 15 is 0 Å². The number of anilines is 1. The molecule has 5 N–H and O–H groups in total. The predicted molar refractivity (Wildman–Crippen MR) is 156 cm³/mol. The van der Waals surface area contributed by atoms with Crippen molar-refractivity contribution >= 4 is 47.0 Å². The molecule has 0 bridgehead atoms. The summed E-state index contributed by atoms with van der Waals surface area (Å²) < 4.78 is 0. The molecule has 0 radical (unpaired) electrons. The molecule has 226 valence electrons. The van der Waals surface area contributed by atoms with Crippen molar-refractivity contribution < 1.29 is 33.6 Å². The van der Waals surface area contributed by atoms with E-state index in [4.69, 9.17) is 0 Å². The lowest BCUT2D eigenvalue weighted by atomic mass is 10.1. The molecule has 2 aromatic rings. The van der Waals surface area contributed by atoms with E-state index in [1.165, 1.54) is 24.3 Å². The Hall–Kier alpha value is -5.33. The van der Waals surface area contributed by atoms with Crippen molar-refractivity contribution in [2.45, 2.75) is 26.3 Å². The third kappa shape index (κ3) is 10.2. The molecular formula is C30H34N6O7. The van der Waals surface area contributed by atoms with Gasteiger partial charge in [0.15, 0.2) is 0 Å². The van der Waals surface area contributed by atoms with Crippen LogP contribution in [0.4, 0.5) is 5.69 Å². The average molecular weight is 591 g/mol. The van der Waals surface area contributed by atoms with E-state index in [2.05, 4.69) is 26.6 Å². The molecule has 1 unspecified atom stereocenters. The van der Waals surface area contributed by atoms with Crippen LogP contribution in [0.25, 0.3) is 0 Å². The smallest absolute Gasteiger partial charge is 0.258 e. The fourth-order valence-corrected chi connectivity index (χ4v) is 3.92. The summed E-state index contributed by atoms with van der Waals surface area (Å²) in [6.07, 6.45) is 2.40. The number of benzene rings is 2. The maximum Gasteiger partial charge on any atom is 0.258 e. The van der Waals surface area contributed by atoms with Crippen molar-refractivity contribution in [1.82, 2.24) is 26.6 Å². The maximum absolute atomic E-state index is 12.8. The van der Waals surface area contributed by atoms with Gasteiger partial charge in [-0.1, -0.05) is 50.2 Å². The van der Waals surface area contributed by atoms with Crippen molar-refractivity contribution in [3.63, 3.8) is 0 Å². The second-order valence-corrected chi connectivity index (χ2v) is 10.1. The Balaban J connectivity index is 1.49. The number of imide groups is 1. The molecule has 1 heterocycles. The number of hydrogen-bond acceptors (Lipinski definition) is 7. The van der Waals surface area contributed by atoms with Crippen LogP contribution >= 0.6 is 0 Å². The van der Waals surface area contributed by atoms with Gasteiger partial charge in [0.2, 0.25) is 23.6 Å². The van der Waals surface area contributed by atoms with Crippen molar-refractivity contribution in [2.24, 2.45) is 5.92 Å². The molecular weight excluding hydrogens is 556 g/mol. The van der Waals surface area contributed by atoms with Crippen LogP contribution in [-0.2, 0) is 35.2 Å². The Morgan fingerprint density at radius 1 is 0.721 bits per heavy atom. The van der Waals surface area contributed by atoms with Gasteiger partial charge in [-0.25, -0.2) is 4.90 Å². The summed E-state index contributed by atoms with van der Waals surface area (Å²) in [7, 11) is 0. The van der Waals surface area contributed by atoms with Gasteiger partial charge in [-0.05, 0) is 29.7 Å². The summed E-state index contributed by atoms with van der Waals surface area (Å²) in [6.45, 7) is 3.16. The highest BCUT2D eigenvalue weighted by molar-refractivity contribution is 6.28. The molecule has 3 rings (SSSR count). The van der Waals surface area contributed by atoms with Gasteiger partial charge in [-0.15, -0.1) is 0 Å². The number of nitrogens with one attached hydrogen (secondary N) is 5. The summed E-state index contributed by atoms with van der Waals surface area (Å²) in [5, 5.41) is 12.6. The number of hydrogen-bond donors (Lipinski definition) is 5. The van der Waals surface area contributed by atoms with Crippen LogP contribution in [0.15, 0.2) is 66.7 Å². The van der Waals surface area contributed by atoms with Gasteiger partial charge in [0.1, 0.15) is 6.04 Å². The molecule has 0 saturated heterocycles. The molecule has 2 aromatic carbocycles. The van der Waals surface area contributed by atoms with E-state index in [0.29, 0.717) is 6.54 Å². The van der Waals surface area contributed by atoms with E-state index < -0.39 is 54.6 Å². The molecule has 13 nitrogen and oxygen atoms in total. The lowest BCUT2D eigenvalue weighted by molar-refractivity contribution is -0.130.